The van der Waals surface area contributed by atoms with Crippen molar-refractivity contribution in [3.05, 3.63) is 11.5 Å². The molecule has 0 aromatic heterocycles. The first-order valence-corrected chi connectivity index (χ1v) is 7.61. The molecule has 1 heterocycles. The number of alkyl halides is 1. The van der Waals surface area contributed by atoms with Gasteiger partial charge in [-0.1, -0.05) is 0 Å². The van der Waals surface area contributed by atoms with Crippen molar-refractivity contribution in [1.29, 1.82) is 0 Å². The molecule has 7 heteroatoms. The van der Waals surface area contributed by atoms with Gasteiger partial charge in [0.15, 0.2) is 0 Å². The molecule has 1 saturated heterocycles. The van der Waals surface area contributed by atoms with Crippen molar-refractivity contribution in [1.82, 2.24) is 9.80 Å². The lowest BCUT2D eigenvalue weighted by Crippen LogP contribution is -2.51. The summed E-state index contributed by atoms with van der Waals surface area (Å²) in [6.45, 7) is 6.83. The van der Waals surface area contributed by atoms with Gasteiger partial charge in [-0.3, -0.25) is 0 Å². The fourth-order valence-electron chi connectivity index (χ4n) is 2.74. The zero-order valence-electron chi connectivity index (χ0n) is 13.3. The molecule has 5 nitrogen and oxygen atoms in total. The van der Waals surface area contributed by atoms with Gasteiger partial charge in [-0.15, -0.1) is 0 Å². The van der Waals surface area contributed by atoms with Gasteiger partial charge in [0.1, 0.15) is 17.6 Å². The molecule has 126 valence electrons. The molecule has 22 heavy (non-hydrogen) atoms. The summed E-state index contributed by atoms with van der Waals surface area (Å²) in [5.74, 6) is -0.586. The SMILES string of the molecule is CC(C)(C)OC(=O)N1CCN(C2=C(F)CC(O)CC2F)CC1. The number of rotatable bonds is 1. The van der Waals surface area contributed by atoms with E-state index >= 15 is 0 Å². The second kappa shape index (κ2) is 6.40. The number of hydrogen-bond donors (Lipinski definition) is 1. The molecule has 0 saturated carbocycles. The minimum Gasteiger partial charge on any atom is -0.444 e. The molecule has 1 N–H and O–H groups in total. The smallest absolute Gasteiger partial charge is 0.410 e. The lowest BCUT2D eigenvalue weighted by Gasteiger charge is -2.40. The van der Waals surface area contributed by atoms with Crippen molar-refractivity contribution in [2.45, 2.75) is 51.5 Å². The van der Waals surface area contributed by atoms with E-state index < -0.39 is 29.8 Å². The summed E-state index contributed by atoms with van der Waals surface area (Å²) < 4.78 is 33.2. The predicted octanol–water partition coefficient (Wildman–Crippen LogP) is 2.21. The van der Waals surface area contributed by atoms with Crippen LogP contribution in [0.2, 0.25) is 0 Å². The number of halogens is 2. The van der Waals surface area contributed by atoms with Crippen LogP contribution in [-0.2, 0) is 4.74 Å². The highest BCUT2D eigenvalue weighted by Crippen LogP contribution is 2.31. The molecular weight excluding hydrogens is 294 g/mol. The van der Waals surface area contributed by atoms with Crippen molar-refractivity contribution >= 4 is 6.09 Å². The van der Waals surface area contributed by atoms with Crippen LogP contribution in [0, 0.1) is 0 Å². The monoisotopic (exact) mass is 318 g/mol. The maximum Gasteiger partial charge on any atom is 0.410 e. The zero-order valence-corrected chi connectivity index (χ0v) is 13.3. The highest BCUT2D eigenvalue weighted by atomic mass is 19.1. The fourth-order valence-corrected chi connectivity index (χ4v) is 2.74. The number of ether oxygens (including phenoxy) is 1. The molecule has 0 aromatic rings. The van der Waals surface area contributed by atoms with E-state index in [2.05, 4.69) is 0 Å². The van der Waals surface area contributed by atoms with Crippen molar-refractivity contribution in [2.24, 2.45) is 0 Å². The standard InChI is InChI=1S/C15H24F2N2O3/c1-15(2,3)22-14(21)19-6-4-18(5-7-19)13-11(16)8-10(20)9-12(13)17/h10-11,20H,4-9H2,1-3H3. The van der Waals surface area contributed by atoms with Crippen LogP contribution in [0.5, 0.6) is 0 Å². The lowest BCUT2D eigenvalue weighted by molar-refractivity contribution is 0.0145. The number of aliphatic hydroxyl groups excluding tert-OH is 1. The maximum absolute atomic E-state index is 14.0. The Balaban J connectivity index is 1.95. The summed E-state index contributed by atoms with van der Waals surface area (Å²) >= 11 is 0. The van der Waals surface area contributed by atoms with Crippen LogP contribution in [0.25, 0.3) is 0 Å². The van der Waals surface area contributed by atoms with Crippen LogP contribution in [0.15, 0.2) is 11.5 Å². The normalized spacial score (nSPS) is 27.2. The Kier molecular flexibility index (Phi) is 4.94. The number of allylic oxidation sites excluding steroid dienone is 1. The Morgan fingerprint density at radius 2 is 1.86 bits per heavy atom. The molecule has 2 unspecified atom stereocenters. The number of carbonyl (C=O) groups is 1. The summed E-state index contributed by atoms with van der Waals surface area (Å²) in [5, 5.41) is 9.39. The summed E-state index contributed by atoms with van der Waals surface area (Å²) in [4.78, 5) is 15.1. The quantitative estimate of drug-likeness (QED) is 0.805. The molecule has 1 amide bonds. The van der Waals surface area contributed by atoms with Gasteiger partial charge in [0.25, 0.3) is 0 Å². The summed E-state index contributed by atoms with van der Waals surface area (Å²) in [6.07, 6.45) is -3.06. The second-order valence-electron chi connectivity index (χ2n) is 6.81. The molecule has 2 aliphatic rings. The molecule has 0 radical (unpaired) electrons. The van der Waals surface area contributed by atoms with Gasteiger partial charge in [-0.05, 0) is 20.8 Å². The van der Waals surface area contributed by atoms with E-state index in [0.29, 0.717) is 26.2 Å². The largest absolute Gasteiger partial charge is 0.444 e. The molecular formula is C15H24F2N2O3. The summed E-state index contributed by atoms with van der Waals surface area (Å²) in [6, 6.07) is 0. The van der Waals surface area contributed by atoms with Gasteiger partial charge in [0.2, 0.25) is 0 Å². The third-order valence-electron chi connectivity index (χ3n) is 3.74. The molecule has 1 fully saturated rings. The van der Waals surface area contributed by atoms with Gasteiger partial charge >= 0.3 is 6.09 Å². The highest BCUT2D eigenvalue weighted by Gasteiger charge is 2.34. The number of hydrogen-bond acceptors (Lipinski definition) is 4. The van der Waals surface area contributed by atoms with Crippen LogP contribution >= 0.6 is 0 Å². The van der Waals surface area contributed by atoms with Crippen molar-refractivity contribution in [2.75, 3.05) is 26.2 Å². The molecule has 2 atom stereocenters. The average molecular weight is 318 g/mol. The van der Waals surface area contributed by atoms with Gasteiger partial charge in [-0.25, -0.2) is 13.6 Å². The number of piperazine rings is 1. The van der Waals surface area contributed by atoms with E-state index in [1.54, 1.807) is 30.6 Å². The topological polar surface area (TPSA) is 53.0 Å². The molecule has 0 aromatic carbocycles. The third-order valence-corrected chi connectivity index (χ3v) is 3.74. The van der Waals surface area contributed by atoms with Crippen LogP contribution in [-0.4, -0.2) is 65.1 Å². The van der Waals surface area contributed by atoms with Crippen LogP contribution in [0.4, 0.5) is 13.6 Å². The minimum atomic E-state index is -1.49. The predicted molar refractivity (Wildman–Crippen MR) is 77.7 cm³/mol. The van der Waals surface area contributed by atoms with Crippen LogP contribution in [0.1, 0.15) is 33.6 Å². The molecule has 2 rings (SSSR count). The Morgan fingerprint density at radius 1 is 1.27 bits per heavy atom. The molecule has 0 spiro atoms. The van der Waals surface area contributed by atoms with Crippen molar-refractivity contribution in [3.8, 4) is 0 Å². The number of amides is 1. The van der Waals surface area contributed by atoms with Gasteiger partial charge in [0.05, 0.1) is 11.8 Å². The summed E-state index contributed by atoms with van der Waals surface area (Å²) in [5.41, 5.74) is -0.527. The first-order valence-electron chi connectivity index (χ1n) is 7.61. The van der Waals surface area contributed by atoms with Gasteiger partial charge < -0.3 is 19.6 Å². The average Bonchev–Trinajstić information content (AvgIpc) is 2.36. The van der Waals surface area contributed by atoms with E-state index in [1.165, 1.54) is 0 Å². The second-order valence-corrected chi connectivity index (χ2v) is 6.81. The number of nitrogens with zero attached hydrogens (tertiary/aromatic N) is 2. The first-order chi connectivity index (χ1) is 10.2. The third kappa shape index (κ3) is 4.09. The van der Waals surface area contributed by atoms with Crippen molar-refractivity contribution in [3.63, 3.8) is 0 Å². The van der Waals surface area contributed by atoms with E-state index in [-0.39, 0.29) is 18.5 Å². The Labute approximate surface area is 129 Å². The van der Waals surface area contributed by atoms with Gasteiger partial charge in [-0.2, -0.15) is 0 Å². The molecule has 1 aliphatic heterocycles. The lowest BCUT2D eigenvalue weighted by atomic mass is 9.97. The van der Waals surface area contributed by atoms with E-state index in [0.717, 1.165) is 0 Å². The molecule has 0 bridgehead atoms. The zero-order chi connectivity index (χ0) is 16.5. The van der Waals surface area contributed by atoms with Crippen LogP contribution < -0.4 is 0 Å². The van der Waals surface area contributed by atoms with Crippen LogP contribution in [0.3, 0.4) is 0 Å². The number of carbonyl (C=O) groups excluding carboxylic acids is 1. The van der Waals surface area contributed by atoms with Crippen molar-refractivity contribution < 1.29 is 23.4 Å². The fraction of sp³-hybridized carbons (Fsp3) is 0.800. The Bertz CT molecular complexity index is 454. The van der Waals surface area contributed by atoms with Gasteiger partial charge in [0, 0.05) is 39.0 Å². The highest BCUT2D eigenvalue weighted by molar-refractivity contribution is 5.68. The minimum absolute atomic E-state index is 0.0362. The van der Waals surface area contributed by atoms with E-state index in [9.17, 15) is 18.7 Å². The molecule has 1 aliphatic carbocycles. The summed E-state index contributed by atoms with van der Waals surface area (Å²) in [7, 11) is 0. The van der Waals surface area contributed by atoms with E-state index in [4.69, 9.17) is 4.74 Å². The van der Waals surface area contributed by atoms with E-state index in [1.807, 2.05) is 0 Å². The Hall–Kier alpha value is -1.37. The number of aliphatic hydroxyl groups is 1. The maximum atomic E-state index is 14.0. The Morgan fingerprint density at radius 3 is 2.36 bits per heavy atom. The first kappa shape index (κ1) is 17.0.